The number of methoxy groups -OCH3 is 1. The van der Waals surface area contributed by atoms with Crippen LogP contribution in [-0.4, -0.2) is 90.0 Å². The number of amides is 4. The van der Waals surface area contributed by atoms with Gasteiger partial charge < -0.3 is 41.0 Å². The number of nitrogens with zero attached hydrogens (tertiary/aromatic N) is 3. The first-order chi connectivity index (χ1) is 35.4. The predicted octanol–water partition coefficient (Wildman–Crippen LogP) is 10.5. The van der Waals surface area contributed by atoms with Crippen LogP contribution < -0.4 is 36.1 Å². The fourth-order valence-electron chi connectivity index (χ4n) is 11.0. The van der Waals surface area contributed by atoms with Crippen molar-refractivity contribution in [2.24, 2.45) is 5.92 Å². The SMILES string of the molecule is CN[C@@H](C)C(=O)N[C@H](C(=O)N1C[C@@H](NC(=O)CCCCCCCCCCCCOc2cc3nc(C)nc(N[C@H](C)c4cccc(Br)c4)c3cc2OC)C[C@H]1C(=O)N[C@@H]1CCCc2ccccc21)C1CCCCC1. The molecule has 3 aliphatic rings. The van der Waals surface area contributed by atoms with Gasteiger partial charge in [0, 0.05) is 34.9 Å². The van der Waals surface area contributed by atoms with Crippen LogP contribution in [0.5, 0.6) is 11.5 Å². The molecule has 0 unspecified atom stereocenters. The number of ether oxygens (including phenoxy) is 2. The van der Waals surface area contributed by atoms with Crippen molar-refractivity contribution in [3.8, 4) is 11.5 Å². The summed E-state index contributed by atoms with van der Waals surface area (Å²) in [7, 11) is 3.39. The summed E-state index contributed by atoms with van der Waals surface area (Å²) in [6.07, 6.45) is 19.1. The second-order valence-corrected chi connectivity index (χ2v) is 21.7. The van der Waals surface area contributed by atoms with Crippen molar-refractivity contribution in [1.82, 2.24) is 36.1 Å². The maximum Gasteiger partial charge on any atom is 0.246 e. The molecule has 396 valence electrons. The summed E-state index contributed by atoms with van der Waals surface area (Å²) >= 11 is 3.58. The molecule has 1 aliphatic heterocycles. The summed E-state index contributed by atoms with van der Waals surface area (Å²) in [6.45, 7) is 6.64. The number of likely N-dealkylation sites (tertiary alicyclic amines) is 1. The highest BCUT2D eigenvalue weighted by molar-refractivity contribution is 9.10. The third-order valence-corrected chi connectivity index (χ3v) is 15.8. The summed E-state index contributed by atoms with van der Waals surface area (Å²) < 4.78 is 13.0. The molecule has 4 amide bonds. The van der Waals surface area contributed by atoms with E-state index in [1.54, 1.807) is 26.0 Å². The van der Waals surface area contributed by atoms with Crippen molar-refractivity contribution in [3.63, 3.8) is 0 Å². The first kappa shape index (κ1) is 55.5. The first-order valence-corrected chi connectivity index (χ1v) is 28.2. The number of likely N-dealkylation sites (N-methyl/N-ethyl adjacent to an activating group) is 1. The Labute approximate surface area is 442 Å². The van der Waals surface area contributed by atoms with E-state index < -0.39 is 18.1 Å². The normalized spacial score (nSPS) is 19.1. The van der Waals surface area contributed by atoms with E-state index in [4.69, 9.17) is 19.4 Å². The van der Waals surface area contributed by atoms with E-state index in [1.807, 2.05) is 43.3 Å². The predicted molar refractivity (Wildman–Crippen MR) is 293 cm³/mol. The van der Waals surface area contributed by atoms with Gasteiger partial charge in [0.15, 0.2) is 11.5 Å². The molecule has 6 atom stereocenters. The number of carbonyl (C=O) groups is 4. The zero-order chi connectivity index (χ0) is 51.7. The summed E-state index contributed by atoms with van der Waals surface area (Å²) in [6, 6.07) is 18.0. The van der Waals surface area contributed by atoms with E-state index in [9.17, 15) is 19.2 Å². The number of aromatic nitrogens is 2. The van der Waals surface area contributed by atoms with Crippen LogP contribution in [-0.2, 0) is 25.6 Å². The molecule has 1 saturated carbocycles. The van der Waals surface area contributed by atoms with Gasteiger partial charge in [0.1, 0.15) is 23.7 Å². The summed E-state index contributed by atoms with van der Waals surface area (Å²) in [4.78, 5) is 66.7. The molecule has 2 fully saturated rings. The van der Waals surface area contributed by atoms with Gasteiger partial charge in [0.05, 0.1) is 37.4 Å². The van der Waals surface area contributed by atoms with Crippen molar-refractivity contribution in [2.45, 2.75) is 185 Å². The standard InChI is InChI=1S/C58H81BrN8O6/c1-38(43-27-21-28-44(59)33-43)61-55-47-35-51(72-5)52(36-49(47)62-40(3)63-55)73-32-20-13-11-9-7-6-8-10-12-17-31-53(68)64-45-34-50(57(70)65-48-30-22-26-41-23-18-19-29-46(41)48)67(37-45)58(71)54(42-24-15-14-16-25-42)66-56(69)39(2)60-4/h18-19,21,23,27-29,33,35-36,38-39,42,45,48,50,54,60H,6-17,20,22,24-26,30-32,34,37H2,1-5H3,(H,64,68)(H,65,70)(H,66,69)(H,61,62,63)/t38-,39+,45+,48-,50+,54+/m1/s1. The maximum atomic E-state index is 14.7. The topological polar surface area (TPSA) is 176 Å². The molecule has 3 aromatic carbocycles. The zero-order valence-electron chi connectivity index (χ0n) is 44.0. The van der Waals surface area contributed by atoms with Crippen molar-refractivity contribution in [3.05, 3.63) is 87.7 Å². The Hall–Kier alpha value is -5.28. The van der Waals surface area contributed by atoms with Crippen LogP contribution in [0.2, 0.25) is 0 Å². The van der Waals surface area contributed by atoms with E-state index in [2.05, 4.69) is 73.7 Å². The molecule has 1 aromatic heterocycles. The number of halogens is 1. The molecular weight excluding hydrogens is 985 g/mol. The number of anilines is 1. The third-order valence-electron chi connectivity index (χ3n) is 15.3. The number of aryl methyl sites for hydroxylation is 2. The Morgan fingerprint density at radius 3 is 2.26 bits per heavy atom. The molecular formula is C58H81BrN8O6. The quantitative estimate of drug-likeness (QED) is 0.0381. The van der Waals surface area contributed by atoms with Gasteiger partial charge >= 0.3 is 0 Å². The minimum absolute atomic E-state index is 0.00609. The van der Waals surface area contributed by atoms with E-state index >= 15 is 0 Å². The fourth-order valence-corrected chi connectivity index (χ4v) is 11.4. The number of rotatable bonds is 26. The molecule has 5 N–H and O–H groups in total. The van der Waals surface area contributed by atoms with Crippen LogP contribution in [0.3, 0.4) is 0 Å². The van der Waals surface area contributed by atoms with Crippen molar-refractivity contribution < 1.29 is 28.7 Å². The minimum Gasteiger partial charge on any atom is -0.493 e. The number of fused-ring (bicyclic) bond motifs is 2. The van der Waals surface area contributed by atoms with Gasteiger partial charge in [0.25, 0.3) is 0 Å². The minimum atomic E-state index is -0.749. The summed E-state index contributed by atoms with van der Waals surface area (Å²) in [5.41, 5.74) is 4.33. The van der Waals surface area contributed by atoms with Gasteiger partial charge in [-0.2, -0.15) is 0 Å². The molecule has 14 nitrogen and oxygen atoms in total. The summed E-state index contributed by atoms with van der Waals surface area (Å²) in [5, 5.41) is 17.0. The molecule has 73 heavy (non-hydrogen) atoms. The van der Waals surface area contributed by atoms with Gasteiger partial charge in [0.2, 0.25) is 23.6 Å². The Kier molecular flexibility index (Phi) is 21.2. The highest BCUT2D eigenvalue weighted by Gasteiger charge is 2.45. The highest BCUT2D eigenvalue weighted by Crippen LogP contribution is 2.37. The molecule has 4 aromatic rings. The van der Waals surface area contributed by atoms with Crippen LogP contribution in [0.15, 0.2) is 65.1 Å². The maximum absolute atomic E-state index is 14.7. The number of benzene rings is 3. The fraction of sp³-hybridized carbons (Fsp3) is 0.586. The second kappa shape index (κ2) is 27.9. The number of carbonyl (C=O) groups excluding carboxylic acids is 4. The lowest BCUT2D eigenvalue weighted by molar-refractivity contribution is -0.143. The molecule has 1 saturated heterocycles. The average Bonchev–Trinajstić information content (AvgIpc) is 3.82. The third kappa shape index (κ3) is 15.6. The molecule has 7 rings (SSSR count). The van der Waals surface area contributed by atoms with Crippen LogP contribution >= 0.6 is 15.9 Å². The summed E-state index contributed by atoms with van der Waals surface area (Å²) in [5.74, 6) is 2.07. The second-order valence-electron chi connectivity index (χ2n) is 20.7. The molecule has 0 spiro atoms. The van der Waals surface area contributed by atoms with Crippen molar-refractivity contribution in [2.75, 3.05) is 32.6 Å². The molecule has 15 heteroatoms. The van der Waals surface area contributed by atoms with Crippen LogP contribution in [0, 0.1) is 12.8 Å². The lowest BCUT2D eigenvalue weighted by Crippen LogP contribution is -2.58. The number of hydrogen-bond donors (Lipinski definition) is 5. The van der Waals surface area contributed by atoms with E-state index in [0.717, 1.165) is 129 Å². The molecule has 0 radical (unpaired) electrons. The van der Waals surface area contributed by atoms with Crippen LogP contribution in [0.1, 0.15) is 170 Å². The molecule has 2 aliphatic carbocycles. The molecule has 0 bridgehead atoms. The average molecular weight is 1070 g/mol. The number of nitrogens with one attached hydrogen (secondary N) is 5. The first-order valence-electron chi connectivity index (χ1n) is 27.4. The van der Waals surface area contributed by atoms with E-state index in [-0.39, 0.29) is 54.2 Å². The number of unbranched alkanes of at least 4 members (excludes halogenated alkanes) is 9. The highest BCUT2D eigenvalue weighted by atomic mass is 79.9. The van der Waals surface area contributed by atoms with Gasteiger partial charge in [-0.05, 0) is 120 Å². The van der Waals surface area contributed by atoms with E-state index in [0.29, 0.717) is 36.8 Å². The van der Waals surface area contributed by atoms with Crippen LogP contribution in [0.4, 0.5) is 5.82 Å². The Bertz CT molecular complexity index is 2470. The van der Waals surface area contributed by atoms with Gasteiger partial charge in [-0.3, -0.25) is 19.2 Å². The monoisotopic (exact) mass is 1060 g/mol. The largest absolute Gasteiger partial charge is 0.493 e. The Morgan fingerprint density at radius 2 is 1.53 bits per heavy atom. The molecule has 2 heterocycles. The lowest BCUT2D eigenvalue weighted by atomic mass is 9.83. The van der Waals surface area contributed by atoms with Crippen molar-refractivity contribution >= 4 is 56.3 Å². The smallest absolute Gasteiger partial charge is 0.246 e. The number of hydrogen-bond acceptors (Lipinski definition) is 10. The lowest BCUT2D eigenvalue weighted by Gasteiger charge is -2.35. The Balaban J connectivity index is 0.813. The van der Waals surface area contributed by atoms with E-state index in [1.165, 1.54) is 24.8 Å². The van der Waals surface area contributed by atoms with Crippen LogP contribution in [0.25, 0.3) is 10.9 Å². The van der Waals surface area contributed by atoms with Crippen molar-refractivity contribution in [1.29, 1.82) is 0 Å². The van der Waals surface area contributed by atoms with Gasteiger partial charge in [-0.25, -0.2) is 9.97 Å². The van der Waals surface area contributed by atoms with Gasteiger partial charge in [-0.1, -0.05) is 123 Å². The Morgan fingerprint density at radius 1 is 0.808 bits per heavy atom. The van der Waals surface area contributed by atoms with Gasteiger partial charge in [-0.15, -0.1) is 0 Å². The zero-order valence-corrected chi connectivity index (χ0v) is 45.6.